The van der Waals surface area contributed by atoms with Crippen molar-refractivity contribution in [3.8, 4) is 0 Å². The number of H-pyrrole nitrogens is 1. The second kappa shape index (κ2) is 3.84. The van der Waals surface area contributed by atoms with Crippen LogP contribution in [0, 0.1) is 0 Å². The van der Waals surface area contributed by atoms with Gasteiger partial charge in [-0.25, -0.2) is 0 Å². The molecular weight excluding hydrogens is 178 g/mol. The smallest absolute Gasteiger partial charge is 0.270 e. The van der Waals surface area contributed by atoms with Gasteiger partial charge in [0.15, 0.2) is 0 Å². The normalized spacial score (nSPS) is 16.4. The molecule has 14 heavy (non-hydrogen) atoms. The molecule has 0 saturated carbocycles. The Morgan fingerprint density at radius 3 is 2.86 bits per heavy atom. The Balaban J connectivity index is 2.08. The van der Waals surface area contributed by atoms with Gasteiger partial charge in [-0.15, -0.1) is 0 Å². The molecule has 1 fully saturated rings. The summed E-state index contributed by atoms with van der Waals surface area (Å²) in [4.78, 5) is 16.8. The van der Waals surface area contributed by atoms with Crippen LogP contribution in [0.2, 0.25) is 0 Å². The molecule has 0 aromatic carbocycles. The first-order valence-corrected chi connectivity index (χ1v) is 4.98. The van der Waals surface area contributed by atoms with Crippen LogP contribution >= 0.6 is 0 Å². The predicted octanol–water partition coefficient (Wildman–Crippen LogP) is 0.449. The van der Waals surface area contributed by atoms with Gasteiger partial charge in [0.25, 0.3) is 5.91 Å². The van der Waals surface area contributed by atoms with Crippen molar-refractivity contribution in [2.45, 2.75) is 13.0 Å². The van der Waals surface area contributed by atoms with E-state index in [1.54, 1.807) is 6.20 Å². The fourth-order valence-corrected chi connectivity index (χ4v) is 1.68. The largest absolute Gasteiger partial charge is 0.357 e. The lowest BCUT2D eigenvalue weighted by Gasteiger charge is -2.37. The number of nitrogens with one attached hydrogen (secondary N) is 2. The van der Waals surface area contributed by atoms with Gasteiger partial charge in [-0.05, 0) is 19.1 Å². The molecule has 76 valence electrons. The van der Waals surface area contributed by atoms with Gasteiger partial charge >= 0.3 is 0 Å². The molecule has 2 heterocycles. The maximum absolute atomic E-state index is 11.9. The van der Waals surface area contributed by atoms with E-state index in [0.29, 0.717) is 11.7 Å². The number of likely N-dealkylation sites (N-methyl/N-ethyl adjacent to an activating group) is 1. The minimum Gasteiger partial charge on any atom is -0.357 e. The quantitative estimate of drug-likeness (QED) is 0.732. The van der Waals surface area contributed by atoms with Crippen LogP contribution in [-0.4, -0.2) is 41.5 Å². The van der Waals surface area contributed by atoms with Crippen LogP contribution in [0.15, 0.2) is 18.3 Å². The molecule has 0 radical (unpaired) electrons. The molecule has 2 rings (SSSR count). The number of hydrogen-bond donors (Lipinski definition) is 2. The van der Waals surface area contributed by atoms with Gasteiger partial charge in [-0.3, -0.25) is 4.79 Å². The topological polar surface area (TPSA) is 48.1 Å². The van der Waals surface area contributed by atoms with Crippen molar-refractivity contribution in [2.75, 3.05) is 19.6 Å². The van der Waals surface area contributed by atoms with E-state index in [2.05, 4.69) is 10.3 Å². The van der Waals surface area contributed by atoms with Crippen molar-refractivity contribution in [3.63, 3.8) is 0 Å². The third-order valence-electron chi connectivity index (χ3n) is 2.63. The molecule has 1 aromatic heterocycles. The van der Waals surface area contributed by atoms with Crippen LogP contribution < -0.4 is 5.32 Å². The lowest BCUT2D eigenvalue weighted by molar-refractivity contribution is 0.0625. The third-order valence-corrected chi connectivity index (χ3v) is 2.63. The Morgan fingerprint density at radius 1 is 1.64 bits per heavy atom. The second-order valence-electron chi connectivity index (χ2n) is 3.49. The van der Waals surface area contributed by atoms with E-state index in [0.717, 1.165) is 19.6 Å². The van der Waals surface area contributed by atoms with Crippen molar-refractivity contribution in [1.29, 1.82) is 0 Å². The molecule has 2 N–H and O–H groups in total. The lowest BCUT2D eigenvalue weighted by Crippen LogP contribution is -2.58. The molecule has 1 aliphatic rings. The standard InChI is InChI=1S/C10H15N3O/c1-2-13(8-6-11-7-8)10(14)9-4-3-5-12-9/h3-5,8,11-12H,2,6-7H2,1H3. The van der Waals surface area contributed by atoms with Crippen LogP contribution in [0.5, 0.6) is 0 Å². The van der Waals surface area contributed by atoms with E-state index >= 15 is 0 Å². The molecule has 1 saturated heterocycles. The van der Waals surface area contributed by atoms with E-state index in [9.17, 15) is 4.79 Å². The average Bonchev–Trinajstić information content (AvgIpc) is 2.62. The Labute approximate surface area is 83.3 Å². The molecule has 4 heteroatoms. The van der Waals surface area contributed by atoms with E-state index in [1.807, 2.05) is 24.0 Å². The van der Waals surface area contributed by atoms with Crippen molar-refractivity contribution >= 4 is 5.91 Å². The van der Waals surface area contributed by atoms with E-state index in [-0.39, 0.29) is 5.91 Å². The highest BCUT2D eigenvalue weighted by Crippen LogP contribution is 2.09. The summed E-state index contributed by atoms with van der Waals surface area (Å²) < 4.78 is 0. The minimum absolute atomic E-state index is 0.101. The summed E-state index contributed by atoms with van der Waals surface area (Å²) in [5, 5.41) is 3.17. The number of hydrogen-bond acceptors (Lipinski definition) is 2. The van der Waals surface area contributed by atoms with E-state index < -0.39 is 0 Å². The fraction of sp³-hybridized carbons (Fsp3) is 0.500. The average molecular weight is 193 g/mol. The van der Waals surface area contributed by atoms with Crippen LogP contribution in [0.25, 0.3) is 0 Å². The molecule has 0 bridgehead atoms. The highest BCUT2D eigenvalue weighted by atomic mass is 16.2. The number of aromatic amines is 1. The minimum atomic E-state index is 0.101. The Hall–Kier alpha value is -1.29. The third kappa shape index (κ3) is 1.53. The Morgan fingerprint density at radius 2 is 2.43 bits per heavy atom. The van der Waals surface area contributed by atoms with Crippen LogP contribution in [0.3, 0.4) is 0 Å². The van der Waals surface area contributed by atoms with Crippen LogP contribution in [-0.2, 0) is 0 Å². The summed E-state index contributed by atoms with van der Waals surface area (Å²) in [5.41, 5.74) is 0.679. The van der Waals surface area contributed by atoms with Gasteiger partial charge in [0.2, 0.25) is 0 Å². The summed E-state index contributed by atoms with van der Waals surface area (Å²) in [5.74, 6) is 0.101. The summed E-state index contributed by atoms with van der Waals surface area (Å²) >= 11 is 0. The Bertz CT molecular complexity index is 303. The van der Waals surface area contributed by atoms with Crippen molar-refractivity contribution in [1.82, 2.24) is 15.2 Å². The van der Waals surface area contributed by atoms with Gasteiger partial charge < -0.3 is 15.2 Å². The maximum atomic E-state index is 11.9. The van der Waals surface area contributed by atoms with Crippen molar-refractivity contribution < 1.29 is 4.79 Å². The summed E-state index contributed by atoms with van der Waals surface area (Å²) in [6.07, 6.45) is 1.78. The van der Waals surface area contributed by atoms with Gasteiger partial charge in [0.05, 0.1) is 6.04 Å². The van der Waals surface area contributed by atoms with Crippen LogP contribution in [0.1, 0.15) is 17.4 Å². The summed E-state index contributed by atoms with van der Waals surface area (Å²) in [7, 11) is 0. The zero-order valence-corrected chi connectivity index (χ0v) is 8.29. The molecule has 1 aromatic rings. The van der Waals surface area contributed by atoms with Gasteiger partial charge in [-0.1, -0.05) is 0 Å². The zero-order chi connectivity index (χ0) is 9.97. The molecule has 0 atom stereocenters. The van der Waals surface area contributed by atoms with Crippen molar-refractivity contribution in [2.24, 2.45) is 0 Å². The molecular formula is C10H15N3O. The van der Waals surface area contributed by atoms with Gasteiger partial charge in [0, 0.05) is 25.8 Å². The zero-order valence-electron chi connectivity index (χ0n) is 8.29. The first kappa shape index (κ1) is 9.27. The number of nitrogens with zero attached hydrogens (tertiary/aromatic N) is 1. The lowest BCUT2D eigenvalue weighted by atomic mass is 10.1. The monoisotopic (exact) mass is 193 g/mol. The summed E-state index contributed by atoms with van der Waals surface area (Å²) in [6, 6.07) is 4.03. The molecule has 0 unspecified atom stereocenters. The van der Waals surface area contributed by atoms with Crippen molar-refractivity contribution in [3.05, 3.63) is 24.0 Å². The van der Waals surface area contributed by atoms with Gasteiger partial charge in [-0.2, -0.15) is 0 Å². The highest BCUT2D eigenvalue weighted by Gasteiger charge is 2.28. The predicted molar refractivity (Wildman–Crippen MR) is 54.2 cm³/mol. The number of rotatable bonds is 3. The molecule has 1 aliphatic heterocycles. The first-order chi connectivity index (χ1) is 6.83. The van der Waals surface area contributed by atoms with E-state index in [4.69, 9.17) is 0 Å². The fourth-order valence-electron chi connectivity index (χ4n) is 1.68. The maximum Gasteiger partial charge on any atom is 0.270 e. The van der Waals surface area contributed by atoms with Gasteiger partial charge in [0.1, 0.15) is 5.69 Å². The second-order valence-corrected chi connectivity index (χ2v) is 3.49. The highest BCUT2D eigenvalue weighted by molar-refractivity contribution is 5.92. The summed E-state index contributed by atoms with van der Waals surface area (Å²) in [6.45, 7) is 4.62. The number of carbonyl (C=O) groups is 1. The number of amides is 1. The number of aromatic nitrogens is 1. The molecule has 1 amide bonds. The SMILES string of the molecule is CCN(C(=O)c1ccc[nH]1)C1CNC1. The van der Waals surface area contributed by atoms with E-state index in [1.165, 1.54) is 0 Å². The number of carbonyl (C=O) groups excluding carboxylic acids is 1. The molecule has 0 spiro atoms. The van der Waals surface area contributed by atoms with Crippen LogP contribution in [0.4, 0.5) is 0 Å². The molecule has 0 aliphatic carbocycles. The first-order valence-electron chi connectivity index (χ1n) is 4.98. The Kier molecular flexibility index (Phi) is 2.54. The molecule has 4 nitrogen and oxygen atoms in total.